The Morgan fingerprint density at radius 1 is 1.30 bits per heavy atom. The van der Waals surface area contributed by atoms with E-state index in [1.807, 2.05) is 30.8 Å². The van der Waals surface area contributed by atoms with Crippen molar-refractivity contribution in [3.05, 3.63) is 62.2 Å². The number of hydrogen-bond donors (Lipinski definition) is 2. The van der Waals surface area contributed by atoms with Crippen molar-refractivity contribution >= 4 is 21.8 Å². The third-order valence-corrected chi connectivity index (χ3v) is 5.76. The van der Waals surface area contributed by atoms with Crippen LogP contribution < -0.4 is 10.3 Å². The van der Waals surface area contributed by atoms with Crippen molar-refractivity contribution in [2.45, 2.75) is 26.3 Å². The molecular formula is C22H23N5O6. The molecule has 0 bridgehead atoms. The van der Waals surface area contributed by atoms with Crippen LogP contribution in [0.4, 0.5) is 0 Å². The summed E-state index contributed by atoms with van der Waals surface area (Å²) in [5, 5.41) is 19.7. The van der Waals surface area contributed by atoms with Gasteiger partial charge in [-0.25, -0.2) is 4.98 Å². The number of aromatic nitrogens is 4. The molecule has 5 rings (SSSR count). The van der Waals surface area contributed by atoms with Gasteiger partial charge in [0.2, 0.25) is 5.88 Å². The molecule has 172 valence electrons. The molecule has 3 aromatic heterocycles. The highest BCUT2D eigenvalue weighted by atomic mass is 16.9. The zero-order valence-electron chi connectivity index (χ0n) is 18.4. The molecule has 1 fully saturated rings. The summed E-state index contributed by atoms with van der Waals surface area (Å²) in [6.07, 6.45) is 4.37. The van der Waals surface area contributed by atoms with Crippen molar-refractivity contribution in [1.82, 2.24) is 19.7 Å². The Balaban J connectivity index is 0.000000601. The van der Waals surface area contributed by atoms with Crippen LogP contribution in [-0.2, 0) is 4.74 Å². The molecule has 1 atom stereocenters. The first-order chi connectivity index (χ1) is 15.8. The van der Waals surface area contributed by atoms with Gasteiger partial charge < -0.3 is 19.7 Å². The van der Waals surface area contributed by atoms with Gasteiger partial charge in [0, 0.05) is 23.8 Å². The largest absolute Gasteiger partial charge is 0.481 e. The molecule has 0 amide bonds. The predicted molar refractivity (Wildman–Crippen MR) is 120 cm³/mol. The van der Waals surface area contributed by atoms with E-state index in [-0.39, 0.29) is 11.6 Å². The van der Waals surface area contributed by atoms with Crippen LogP contribution >= 0.6 is 0 Å². The maximum absolute atomic E-state index is 12.7. The number of fused-ring (bicyclic) bond motifs is 3. The highest BCUT2D eigenvalue weighted by molar-refractivity contribution is 6.04. The molecule has 0 radical (unpaired) electrons. The molecular weight excluding hydrogens is 430 g/mol. The second-order valence-corrected chi connectivity index (χ2v) is 7.77. The van der Waals surface area contributed by atoms with Crippen LogP contribution in [-0.4, -0.2) is 50.4 Å². The van der Waals surface area contributed by atoms with Gasteiger partial charge in [-0.1, -0.05) is 12.1 Å². The van der Waals surface area contributed by atoms with Crippen molar-refractivity contribution < 1.29 is 19.8 Å². The lowest BCUT2D eigenvalue weighted by molar-refractivity contribution is -0.742. The molecule has 33 heavy (non-hydrogen) atoms. The maximum atomic E-state index is 12.7. The molecule has 0 unspecified atom stereocenters. The Labute approximate surface area is 187 Å². The summed E-state index contributed by atoms with van der Waals surface area (Å²) in [4.78, 5) is 28.5. The van der Waals surface area contributed by atoms with E-state index in [0.29, 0.717) is 17.9 Å². The zero-order valence-corrected chi connectivity index (χ0v) is 18.4. The van der Waals surface area contributed by atoms with E-state index >= 15 is 0 Å². The zero-order chi connectivity index (χ0) is 23.7. The number of methoxy groups -OCH3 is 1. The van der Waals surface area contributed by atoms with Crippen molar-refractivity contribution in [1.29, 1.82) is 0 Å². The van der Waals surface area contributed by atoms with E-state index in [4.69, 9.17) is 24.8 Å². The molecule has 11 nitrogen and oxygen atoms in total. The van der Waals surface area contributed by atoms with Crippen molar-refractivity contribution in [2.75, 3.05) is 20.3 Å². The summed E-state index contributed by atoms with van der Waals surface area (Å²) in [5.74, 6) is 0.606. The summed E-state index contributed by atoms with van der Waals surface area (Å²) in [6.45, 7) is 5.37. The monoisotopic (exact) mass is 453 g/mol. The lowest BCUT2D eigenvalue weighted by Crippen LogP contribution is -2.12. The molecule has 1 aliphatic rings. The number of ether oxygens (including phenoxy) is 2. The number of H-pyrrole nitrogens is 1. The summed E-state index contributed by atoms with van der Waals surface area (Å²) in [7, 11) is 1.62. The molecule has 4 aromatic rings. The Bertz CT molecular complexity index is 1400. The van der Waals surface area contributed by atoms with E-state index in [2.05, 4.69) is 27.2 Å². The average Bonchev–Trinajstić information content (AvgIpc) is 3.44. The Kier molecular flexibility index (Phi) is 5.97. The van der Waals surface area contributed by atoms with Crippen LogP contribution in [0.2, 0.25) is 0 Å². The highest BCUT2D eigenvalue weighted by Gasteiger charge is 2.22. The lowest BCUT2D eigenvalue weighted by atomic mass is 9.96. The van der Waals surface area contributed by atoms with Gasteiger partial charge >= 0.3 is 0 Å². The molecule has 1 aliphatic heterocycles. The smallest absolute Gasteiger partial charge is 0.291 e. The highest BCUT2D eigenvalue weighted by Crippen LogP contribution is 2.34. The van der Waals surface area contributed by atoms with Gasteiger partial charge in [-0.05, 0) is 43.0 Å². The molecule has 1 saturated heterocycles. The quantitative estimate of drug-likeness (QED) is 0.355. The molecule has 0 saturated carbocycles. The van der Waals surface area contributed by atoms with Crippen LogP contribution in [0.15, 0.2) is 35.4 Å². The standard InChI is InChI=1S/C22H22N4O3.HNO3/c1-12-9-23-22(28-3)13(2)19(12)14-4-5-16-18(8-14)25-21(27)17-10-24-26(20(16)17)15-6-7-29-11-15;2-1(3)4/h4-5,8-10,15H,6-7,11H2,1-3H3,(H,25,27);(H,2,3,4)/t15-;/m0./s1. The minimum atomic E-state index is -1.50. The van der Waals surface area contributed by atoms with Crippen LogP contribution in [0.3, 0.4) is 0 Å². The van der Waals surface area contributed by atoms with Gasteiger partial charge in [-0.2, -0.15) is 5.10 Å². The van der Waals surface area contributed by atoms with E-state index in [9.17, 15) is 4.79 Å². The molecule has 1 aromatic carbocycles. The first-order valence-corrected chi connectivity index (χ1v) is 10.3. The van der Waals surface area contributed by atoms with E-state index in [1.54, 1.807) is 13.3 Å². The van der Waals surface area contributed by atoms with E-state index < -0.39 is 5.09 Å². The van der Waals surface area contributed by atoms with Crippen molar-refractivity contribution in [3.63, 3.8) is 0 Å². The Morgan fingerprint density at radius 3 is 2.73 bits per heavy atom. The minimum absolute atomic E-state index is 0.129. The minimum Gasteiger partial charge on any atom is -0.481 e. The number of nitrogens with one attached hydrogen (secondary N) is 1. The van der Waals surface area contributed by atoms with Gasteiger partial charge in [0.1, 0.15) is 0 Å². The first-order valence-electron chi connectivity index (χ1n) is 10.3. The Morgan fingerprint density at radius 2 is 2.06 bits per heavy atom. The van der Waals surface area contributed by atoms with Gasteiger partial charge in [-0.15, -0.1) is 10.1 Å². The molecule has 2 N–H and O–H groups in total. The summed E-state index contributed by atoms with van der Waals surface area (Å²) in [5.41, 5.74) is 5.64. The number of rotatable bonds is 3. The van der Waals surface area contributed by atoms with Gasteiger partial charge in [-0.3, -0.25) is 9.48 Å². The summed E-state index contributed by atoms with van der Waals surface area (Å²) in [6, 6.07) is 6.32. The fourth-order valence-corrected chi connectivity index (χ4v) is 4.36. The average molecular weight is 453 g/mol. The Hall–Kier alpha value is -3.99. The number of benzene rings is 1. The lowest BCUT2D eigenvalue weighted by Gasteiger charge is -2.14. The van der Waals surface area contributed by atoms with Crippen LogP contribution in [0.25, 0.3) is 32.9 Å². The second kappa shape index (κ2) is 8.87. The van der Waals surface area contributed by atoms with E-state index in [1.165, 1.54) is 0 Å². The fraction of sp³-hybridized carbons (Fsp3) is 0.318. The number of hydrogen-bond acceptors (Lipinski definition) is 7. The third-order valence-electron chi connectivity index (χ3n) is 5.76. The number of aryl methyl sites for hydroxylation is 1. The second-order valence-electron chi connectivity index (χ2n) is 7.77. The van der Waals surface area contributed by atoms with Gasteiger partial charge in [0.05, 0.1) is 42.4 Å². The summed E-state index contributed by atoms with van der Waals surface area (Å²) >= 11 is 0. The SMILES string of the molecule is COc1ncc(C)c(-c2ccc3c(c2)[nH]c(=O)c2cnn([C@H]4CCOC4)c23)c1C.O=[N+]([O-])O. The van der Waals surface area contributed by atoms with Crippen LogP contribution in [0.5, 0.6) is 5.88 Å². The van der Waals surface area contributed by atoms with Crippen LogP contribution in [0, 0.1) is 24.0 Å². The molecule has 11 heteroatoms. The van der Waals surface area contributed by atoms with Gasteiger partial charge in [0.25, 0.3) is 10.6 Å². The molecule has 4 heterocycles. The third kappa shape index (κ3) is 4.10. The maximum Gasteiger partial charge on any atom is 0.291 e. The van der Waals surface area contributed by atoms with Crippen LogP contribution in [0.1, 0.15) is 23.6 Å². The number of pyridine rings is 2. The first kappa shape index (κ1) is 22.2. The van der Waals surface area contributed by atoms with Crippen molar-refractivity contribution in [2.24, 2.45) is 0 Å². The van der Waals surface area contributed by atoms with E-state index in [0.717, 1.165) is 51.7 Å². The van der Waals surface area contributed by atoms with Crippen molar-refractivity contribution in [3.8, 4) is 17.0 Å². The van der Waals surface area contributed by atoms with Gasteiger partial charge in [0.15, 0.2) is 0 Å². The molecule has 0 aliphatic carbocycles. The summed E-state index contributed by atoms with van der Waals surface area (Å²) < 4.78 is 12.9. The molecule has 0 spiro atoms. The normalized spacial score (nSPS) is 15.4. The number of nitrogens with zero attached hydrogens (tertiary/aromatic N) is 4. The number of aromatic amines is 1. The predicted octanol–water partition coefficient (Wildman–Crippen LogP) is 3.18. The fourth-order valence-electron chi connectivity index (χ4n) is 4.36. The topological polar surface area (TPSA) is 145 Å².